The molecule has 104 valence electrons. The van der Waals surface area contributed by atoms with Gasteiger partial charge in [0.1, 0.15) is 11.6 Å². The maximum atomic E-state index is 13.8. The second kappa shape index (κ2) is 5.32. The standard InChI is InChI=1S/C14H12ClFN2O2/c15-10-5-1-3-8(13(10)16)7-12-17-14(20-18-12)9-4-2-6-11(9)19/h1,3,5,9H,2,4,6-7H2. The summed E-state index contributed by atoms with van der Waals surface area (Å²) in [7, 11) is 0. The van der Waals surface area contributed by atoms with Gasteiger partial charge in [-0.1, -0.05) is 28.9 Å². The van der Waals surface area contributed by atoms with Gasteiger partial charge in [-0.3, -0.25) is 4.79 Å². The largest absolute Gasteiger partial charge is 0.339 e. The fourth-order valence-corrected chi connectivity index (χ4v) is 2.61. The van der Waals surface area contributed by atoms with Gasteiger partial charge in [0.25, 0.3) is 0 Å². The van der Waals surface area contributed by atoms with Crippen LogP contribution in [0.1, 0.15) is 42.5 Å². The van der Waals surface area contributed by atoms with E-state index in [-0.39, 0.29) is 23.1 Å². The van der Waals surface area contributed by atoms with Crippen molar-refractivity contribution in [2.24, 2.45) is 0 Å². The van der Waals surface area contributed by atoms with E-state index in [4.69, 9.17) is 16.1 Å². The molecule has 3 rings (SSSR count). The van der Waals surface area contributed by atoms with Crippen LogP contribution in [0.15, 0.2) is 22.7 Å². The first-order valence-electron chi connectivity index (χ1n) is 6.43. The molecule has 1 atom stereocenters. The summed E-state index contributed by atoms with van der Waals surface area (Å²) in [5.41, 5.74) is 0.405. The molecule has 1 aromatic carbocycles. The second-order valence-electron chi connectivity index (χ2n) is 4.85. The van der Waals surface area contributed by atoms with Crippen molar-refractivity contribution in [2.45, 2.75) is 31.6 Å². The van der Waals surface area contributed by atoms with Crippen LogP contribution in [0.3, 0.4) is 0 Å². The number of halogens is 2. The maximum Gasteiger partial charge on any atom is 0.237 e. The summed E-state index contributed by atoms with van der Waals surface area (Å²) in [6.45, 7) is 0. The van der Waals surface area contributed by atoms with Crippen LogP contribution in [0, 0.1) is 5.82 Å². The van der Waals surface area contributed by atoms with E-state index >= 15 is 0 Å². The van der Waals surface area contributed by atoms with Crippen molar-refractivity contribution in [3.63, 3.8) is 0 Å². The van der Waals surface area contributed by atoms with E-state index in [1.54, 1.807) is 12.1 Å². The summed E-state index contributed by atoms with van der Waals surface area (Å²) in [6, 6.07) is 4.78. The molecule has 1 unspecified atom stereocenters. The van der Waals surface area contributed by atoms with E-state index in [9.17, 15) is 9.18 Å². The van der Waals surface area contributed by atoms with E-state index < -0.39 is 5.82 Å². The van der Waals surface area contributed by atoms with Crippen molar-refractivity contribution in [1.29, 1.82) is 0 Å². The molecule has 1 aromatic heterocycles. The number of aromatic nitrogens is 2. The summed E-state index contributed by atoms with van der Waals surface area (Å²) in [5, 5.41) is 3.88. The highest BCUT2D eigenvalue weighted by molar-refractivity contribution is 6.30. The van der Waals surface area contributed by atoms with Crippen molar-refractivity contribution in [2.75, 3.05) is 0 Å². The number of Topliss-reactive ketones (excluding diaryl/α,β-unsaturated/α-hetero) is 1. The van der Waals surface area contributed by atoms with Gasteiger partial charge >= 0.3 is 0 Å². The number of nitrogens with zero attached hydrogens (tertiary/aromatic N) is 2. The summed E-state index contributed by atoms with van der Waals surface area (Å²) < 4.78 is 18.9. The van der Waals surface area contributed by atoms with Gasteiger partial charge in [0.2, 0.25) is 5.89 Å². The van der Waals surface area contributed by atoms with Gasteiger partial charge in [-0.2, -0.15) is 4.98 Å². The van der Waals surface area contributed by atoms with Crippen molar-refractivity contribution in [3.05, 3.63) is 46.3 Å². The zero-order valence-corrected chi connectivity index (χ0v) is 11.4. The van der Waals surface area contributed by atoms with Crippen molar-refractivity contribution >= 4 is 17.4 Å². The average Bonchev–Trinajstić information content (AvgIpc) is 3.04. The molecule has 1 aliphatic carbocycles. The molecule has 6 heteroatoms. The second-order valence-corrected chi connectivity index (χ2v) is 5.26. The predicted octanol–water partition coefficient (Wildman–Crippen LogP) is 3.29. The van der Waals surface area contributed by atoms with Crippen LogP contribution in [0.2, 0.25) is 5.02 Å². The minimum absolute atomic E-state index is 0.0668. The van der Waals surface area contributed by atoms with Crippen LogP contribution >= 0.6 is 11.6 Å². The van der Waals surface area contributed by atoms with E-state index in [1.165, 1.54) is 6.07 Å². The lowest BCUT2D eigenvalue weighted by atomic mass is 10.1. The third kappa shape index (κ3) is 2.45. The Kier molecular flexibility index (Phi) is 3.53. The molecule has 1 saturated carbocycles. The smallest absolute Gasteiger partial charge is 0.237 e. The van der Waals surface area contributed by atoms with Crippen molar-refractivity contribution in [1.82, 2.24) is 10.1 Å². The van der Waals surface area contributed by atoms with Crippen LogP contribution in [0.25, 0.3) is 0 Å². The molecule has 0 N–H and O–H groups in total. The number of carbonyl (C=O) groups excluding carboxylic acids is 1. The number of carbonyl (C=O) groups is 1. The SMILES string of the molecule is O=C1CCCC1c1nc(Cc2cccc(Cl)c2F)no1. The fraction of sp³-hybridized carbons (Fsp3) is 0.357. The molecule has 0 bridgehead atoms. The molecule has 20 heavy (non-hydrogen) atoms. The molecular weight excluding hydrogens is 283 g/mol. The van der Waals surface area contributed by atoms with Gasteiger partial charge in [-0.15, -0.1) is 0 Å². The maximum absolute atomic E-state index is 13.8. The molecular formula is C14H12ClFN2O2. The van der Waals surface area contributed by atoms with E-state index in [0.29, 0.717) is 23.7 Å². The first-order valence-corrected chi connectivity index (χ1v) is 6.81. The Morgan fingerprint density at radius 2 is 2.30 bits per heavy atom. The van der Waals surface area contributed by atoms with E-state index in [1.807, 2.05) is 0 Å². The molecule has 0 aliphatic heterocycles. The van der Waals surface area contributed by atoms with Gasteiger partial charge < -0.3 is 4.52 Å². The Morgan fingerprint density at radius 3 is 3.05 bits per heavy atom. The first-order chi connectivity index (χ1) is 9.65. The third-order valence-corrected chi connectivity index (χ3v) is 3.76. The quantitative estimate of drug-likeness (QED) is 0.871. The van der Waals surface area contributed by atoms with Gasteiger partial charge in [-0.25, -0.2) is 4.39 Å². The highest BCUT2D eigenvalue weighted by atomic mass is 35.5. The van der Waals surface area contributed by atoms with Gasteiger partial charge in [0.05, 0.1) is 10.9 Å². The highest BCUT2D eigenvalue weighted by Gasteiger charge is 2.30. The molecule has 1 heterocycles. The lowest BCUT2D eigenvalue weighted by Crippen LogP contribution is -2.04. The average molecular weight is 295 g/mol. The number of benzene rings is 1. The fourth-order valence-electron chi connectivity index (χ4n) is 2.41. The monoisotopic (exact) mass is 294 g/mol. The predicted molar refractivity (Wildman–Crippen MR) is 70.1 cm³/mol. The topological polar surface area (TPSA) is 56.0 Å². The zero-order chi connectivity index (χ0) is 14.1. The molecule has 1 aliphatic rings. The molecule has 4 nitrogen and oxygen atoms in total. The number of ketones is 1. The van der Waals surface area contributed by atoms with Gasteiger partial charge in [-0.05, 0) is 24.5 Å². The van der Waals surface area contributed by atoms with Gasteiger partial charge in [0, 0.05) is 12.8 Å². The van der Waals surface area contributed by atoms with Crippen LogP contribution in [0.5, 0.6) is 0 Å². The summed E-state index contributed by atoms with van der Waals surface area (Å²) in [6.07, 6.45) is 2.35. The van der Waals surface area contributed by atoms with Crippen molar-refractivity contribution in [3.8, 4) is 0 Å². The number of hydrogen-bond donors (Lipinski definition) is 0. The Balaban J connectivity index is 1.80. The molecule has 0 amide bonds. The molecule has 0 radical (unpaired) electrons. The van der Waals surface area contributed by atoms with Crippen LogP contribution in [-0.4, -0.2) is 15.9 Å². The normalized spacial score (nSPS) is 18.7. The molecule has 0 spiro atoms. The van der Waals surface area contributed by atoms with E-state index in [0.717, 1.165) is 12.8 Å². The minimum atomic E-state index is -0.475. The minimum Gasteiger partial charge on any atom is -0.339 e. The van der Waals surface area contributed by atoms with Crippen LogP contribution in [0.4, 0.5) is 4.39 Å². The highest BCUT2D eigenvalue weighted by Crippen LogP contribution is 2.30. The van der Waals surface area contributed by atoms with Crippen molar-refractivity contribution < 1.29 is 13.7 Å². The Labute approximate surface area is 119 Å². The Hall–Kier alpha value is -1.75. The summed E-state index contributed by atoms with van der Waals surface area (Å²) >= 11 is 5.72. The lowest BCUT2D eigenvalue weighted by Gasteiger charge is -2.01. The Bertz CT molecular complexity index is 656. The Morgan fingerprint density at radius 1 is 1.45 bits per heavy atom. The zero-order valence-electron chi connectivity index (χ0n) is 10.6. The number of rotatable bonds is 3. The first kappa shape index (κ1) is 13.2. The van der Waals surface area contributed by atoms with Crippen LogP contribution < -0.4 is 0 Å². The number of hydrogen-bond acceptors (Lipinski definition) is 4. The molecule has 1 fully saturated rings. The molecule has 2 aromatic rings. The third-order valence-electron chi connectivity index (χ3n) is 3.47. The molecule has 0 saturated heterocycles. The summed E-state index contributed by atoms with van der Waals surface area (Å²) in [5.74, 6) is 0.0675. The van der Waals surface area contributed by atoms with E-state index in [2.05, 4.69) is 10.1 Å². The lowest BCUT2D eigenvalue weighted by molar-refractivity contribution is -0.119. The summed E-state index contributed by atoms with van der Waals surface area (Å²) in [4.78, 5) is 15.8. The van der Waals surface area contributed by atoms with Crippen LogP contribution in [-0.2, 0) is 11.2 Å². The van der Waals surface area contributed by atoms with Gasteiger partial charge in [0.15, 0.2) is 5.82 Å².